The molecule has 2 heterocycles. The molecule has 0 saturated heterocycles. The Kier molecular flexibility index (Phi) is 3.90. The second-order valence-corrected chi connectivity index (χ2v) is 6.53. The Morgan fingerprint density at radius 3 is 2.68 bits per heavy atom. The van der Waals surface area contributed by atoms with Gasteiger partial charge in [0.25, 0.3) is 0 Å². The lowest BCUT2D eigenvalue weighted by Crippen LogP contribution is -2.16. The molecule has 4 rings (SSSR count). The maximum absolute atomic E-state index is 6.19. The Morgan fingerprint density at radius 2 is 1.92 bits per heavy atom. The zero-order valence-electron chi connectivity index (χ0n) is 14.5. The SMILES string of the molecule is Cc1ccc2[nH]cc(C(CN)c3cc(-c4ccccc4)nn3C)c2c1. The van der Waals surface area contributed by atoms with Crippen LogP contribution in [0.3, 0.4) is 0 Å². The van der Waals surface area contributed by atoms with Crippen LogP contribution in [0.1, 0.15) is 22.7 Å². The summed E-state index contributed by atoms with van der Waals surface area (Å²) >= 11 is 0. The summed E-state index contributed by atoms with van der Waals surface area (Å²) in [5.74, 6) is 0.102. The van der Waals surface area contributed by atoms with Crippen LogP contribution in [0.4, 0.5) is 0 Å². The monoisotopic (exact) mass is 330 g/mol. The van der Waals surface area contributed by atoms with Gasteiger partial charge in [0.15, 0.2) is 0 Å². The average molecular weight is 330 g/mol. The Balaban J connectivity index is 1.81. The lowest BCUT2D eigenvalue weighted by atomic mass is 9.94. The summed E-state index contributed by atoms with van der Waals surface area (Å²) in [7, 11) is 1.99. The molecule has 0 fully saturated rings. The van der Waals surface area contributed by atoms with Crippen LogP contribution in [0.2, 0.25) is 0 Å². The van der Waals surface area contributed by atoms with Crippen LogP contribution in [0.15, 0.2) is 60.8 Å². The number of fused-ring (bicyclic) bond motifs is 1. The van der Waals surface area contributed by atoms with Crippen molar-refractivity contribution >= 4 is 10.9 Å². The smallest absolute Gasteiger partial charge is 0.0926 e. The minimum atomic E-state index is 0.102. The van der Waals surface area contributed by atoms with Crippen molar-refractivity contribution in [1.29, 1.82) is 0 Å². The first kappa shape index (κ1) is 15.7. The van der Waals surface area contributed by atoms with E-state index in [2.05, 4.69) is 54.5 Å². The number of aryl methyl sites for hydroxylation is 2. The van der Waals surface area contributed by atoms with Gasteiger partial charge >= 0.3 is 0 Å². The standard InChI is InChI=1S/C21H22N4/c1-14-8-9-19-16(10-14)18(13-23-19)17(12-22)21-11-20(24-25(21)2)15-6-4-3-5-7-15/h3-11,13,17,23H,12,22H2,1-2H3. The van der Waals surface area contributed by atoms with Gasteiger partial charge in [-0.1, -0.05) is 42.0 Å². The summed E-state index contributed by atoms with van der Waals surface area (Å²) in [6, 6.07) is 18.9. The van der Waals surface area contributed by atoms with Crippen molar-refractivity contribution in [1.82, 2.24) is 14.8 Å². The first-order chi connectivity index (χ1) is 12.2. The second-order valence-electron chi connectivity index (χ2n) is 6.53. The lowest BCUT2D eigenvalue weighted by Gasteiger charge is -2.14. The molecule has 0 radical (unpaired) electrons. The zero-order valence-corrected chi connectivity index (χ0v) is 14.5. The van der Waals surface area contributed by atoms with E-state index in [0.717, 1.165) is 22.5 Å². The van der Waals surface area contributed by atoms with Gasteiger partial charge in [0, 0.05) is 47.9 Å². The normalized spacial score (nSPS) is 12.6. The number of aromatic nitrogens is 3. The van der Waals surface area contributed by atoms with Crippen molar-refractivity contribution in [3.05, 3.63) is 77.6 Å². The zero-order chi connectivity index (χ0) is 17.4. The molecular formula is C21H22N4. The quantitative estimate of drug-likeness (QED) is 0.595. The number of H-pyrrole nitrogens is 1. The topological polar surface area (TPSA) is 59.6 Å². The first-order valence-corrected chi connectivity index (χ1v) is 8.54. The summed E-state index contributed by atoms with van der Waals surface area (Å²) in [6.45, 7) is 2.65. The van der Waals surface area contributed by atoms with E-state index in [1.54, 1.807) is 0 Å². The first-order valence-electron chi connectivity index (χ1n) is 8.54. The predicted octanol–water partition coefficient (Wildman–Crippen LogP) is 3.97. The third-order valence-electron chi connectivity index (χ3n) is 4.82. The van der Waals surface area contributed by atoms with Gasteiger partial charge in [0.2, 0.25) is 0 Å². The molecule has 4 aromatic rings. The highest BCUT2D eigenvalue weighted by Gasteiger charge is 2.21. The highest BCUT2D eigenvalue weighted by molar-refractivity contribution is 5.85. The molecule has 0 aliphatic heterocycles. The van der Waals surface area contributed by atoms with Gasteiger partial charge in [-0.15, -0.1) is 0 Å². The van der Waals surface area contributed by atoms with Gasteiger partial charge < -0.3 is 10.7 Å². The molecule has 3 N–H and O–H groups in total. The molecule has 0 bridgehead atoms. The molecule has 0 aliphatic rings. The summed E-state index contributed by atoms with van der Waals surface area (Å²) in [6.07, 6.45) is 2.08. The van der Waals surface area contributed by atoms with E-state index < -0.39 is 0 Å². The molecule has 126 valence electrons. The van der Waals surface area contributed by atoms with E-state index >= 15 is 0 Å². The largest absolute Gasteiger partial charge is 0.361 e. The van der Waals surface area contributed by atoms with Crippen LogP contribution in [-0.2, 0) is 7.05 Å². The Bertz CT molecular complexity index is 1010. The molecule has 25 heavy (non-hydrogen) atoms. The van der Waals surface area contributed by atoms with Crippen molar-refractivity contribution in [3.63, 3.8) is 0 Å². The van der Waals surface area contributed by atoms with Crippen molar-refractivity contribution in [3.8, 4) is 11.3 Å². The Hall–Kier alpha value is -2.85. The number of nitrogens with one attached hydrogen (secondary N) is 1. The van der Waals surface area contributed by atoms with Crippen LogP contribution in [0, 0.1) is 6.92 Å². The second kappa shape index (κ2) is 6.22. The summed E-state index contributed by atoms with van der Waals surface area (Å²) in [5, 5.41) is 5.94. The molecule has 0 saturated carbocycles. The van der Waals surface area contributed by atoms with Crippen molar-refractivity contribution in [2.45, 2.75) is 12.8 Å². The van der Waals surface area contributed by atoms with Gasteiger partial charge in [-0.25, -0.2) is 0 Å². The Labute approximate surface area is 147 Å². The maximum Gasteiger partial charge on any atom is 0.0926 e. The summed E-state index contributed by atoms with van der Waals surface area (Å²) in [4.78, 5) is 3.37. The number of hydrogen-bond donors (Lipinski definition) is 2. The molecule has 0 aliphatic carbocycles. The number of aromatic amines is 1. The fourth-order valence-electron chi connectivity index (χ4n) is 3.51. The molecule has 1 unspecified atom stereocenters. The van der Waals surface area contributed by atoms with E-state index in [1.807, 2.05) is 29.9 Å². The van der Waals surface area contributed by atoms with Gasteiger partial charge in [-0.05, 0) is 30.7 Å². The molecule has 2 aromatic carbocycles. The van der Waals surface area contributed by atoms with Crippen LogP contribution in [-0.4, -0.2) is 21.3 Å². The molecule has 4 nitrogen and oxygen atoms in total. The van der Waals surface area contributed by atoms with E-state index in [-0.39, 0.29) is 5.92 Å². The van der Waals surface area contributed by atoms with E-state index in [9.17, 15) is 0 Å². The van der Waals surface area contributed by atoms with E-state index in [4.69, 9.17) is 10.8 Å². The van der Waals surface area contributed by atoms with Gasteiger partial charge in [-0.2, -0.15) is 5.10 Å². The minimum Gasteiger partial charge on any atom is -0.361 e. The van der Waals surface area contributed by atoms with Crippen molar-refractivity contribution in [2.24, 2.45) is 12.8 Å². The molecule has 2 aromatic heterocycles. The number of hydrogen-bond acceptors (Lipinski definition) is 2. The third kappa shape index (κ3) is 2.75. The van der Waals surface area contributed by atoms with Crippen LogP contribution in [0.5, 0.6) is 0 Å². The van der Waals surface area contributed by atoms with Gasteiger partial charge in [0.1, 0.15) is 0 Å². The summed E-state index contributed by atoms with van der Waals surface area (Å²) in [5.41, 5.74) is 13.0. The molecule has 1 atom stereocenters. The van der Waals surface area contributed by atoms with E-state index in [1.165, 1.54) is 16.5 Å². The van der Waals surface area contributed by atoms with Crippen LogP contribution in [0.25, 0.3) is 22.2 Å². The van der Waals surface area contributed by atoms with Crippen LogP contribution < -0.4 is 5.73 Å². The molecule has 0 spiro atoms. The van der Waals surface area contributed by atoms with Gasteiger partial charge in [-0.3, -0.25) is 4.68 Å². The Morgan fingerprint density at radius 1 is 1.12 bits per heavy atom. The third-order valence-corrected chi connectivity index (χ3v) is 4.82. The summed E-state index contributed by atoms with van der Waals surface area (Å²) < 4.78 is 1.95. The molecular weight excluding hydrogens is 308 g/mol. The van der Waals surface area contributed by atoms with E-state index in [0.29, 0.717) is 6.54 Å². The highest BCUT2D eigenvalue weighted by Crippen LogP contribution is 2.32. The van der Waals surface area contributed by atoms with Crippen molar-refractivity contribution < 1.29 is 0 Å². The number of nitrogens with zero attached hydrogens (tertiary/aromatic N) is 2. The predicted molar refractivity (Wildman–Crippen MR) is 103 cm³/mol. The minimum absolute atomic E-state index is 0.102. The van der Waals surface area contributed by atoms with Crippen LogP contribution >= 0.6 is 0 Å². The average Bonchev–Trinajstić information content (AvgIpc) is 3.21. The highest BCUT2D eigenvalue weighted by atomic mass is 15.3. The van der Waals surface area contributed by atoms with Crippen molar-refractivity contribution in [2.75, 3.05) is 6.54 Å². The maximum atomic E-state index is 6.19. The van der Waals surface area contributed by atoms with Gasteiger partial charge in [0.05, 0.1) is 5.69 Å². The number of nitrogens with two attached hydrogens (primary N) is 1. The molecule has 4 heteroatoms. The number of rotatable bonds is 4. The molecule has 0 amide bonds. The fraction of sp³-hybridized carbons (Fsp3) is 0.190. The lowest BCUT2D eigenvalue weighted by molar-refractivity contribution is 0.667. The fourth-order valence-corrected chi connectivity index (χ4v) is 3.51. The number of benzene rings is 2.